The van der Waals surface area contributed by atoms with Gasteiger partial charge >= 0.3 is 0 Å². The molecular weight excluding hydrogens is 262 g/mol. The number of methoxy groups -OCH3 is 1. The number of rotatable bonds is 4. The molecule has 1 amide bonds. The van der Waals surface area contributed by atoms with Gasteiger partial charge in [-0.05, 0) is 35.9 Å². The summed E-state index contributed by atoms with van der Waals surface area (Å²) in [6.07, 6.45) is 0.295. The van der Waals surface area contributed by atoms with Gasteiger partial charge in [0, 0.05) is 10.7 Å². The Kier molecular flexibility index (Phi) is 4.42. The van der Waals surface area contributed by atoms with Crippen molar-refractivity contribution < 1.29 is 9.53 Å². The average Bonchev–Trinajstić information content (AvgIpc) is 2.38. The van der Waals surface area contributed by atoms with Crippen molar-refractivity contribution in [2.24, 2.45) is 0 Å². The Morgan fingerprint density at radius 2 is 2.00 bits per heavy atom. The van der Waals surface area contributed by atoms with E-state index >= 15 is 0 Å². The standard InChI is InChI=1S/C15H14ClNO2/c1-19-14-7-2-4-11(8-14)9-15(18)17-13-6-3-5-12(16)10-13/h2-8,10H,9H2,1H3,(H,17,18). The van der Waals surface area contributed by atoms with E-state index in [1.165, 1.54) is 0 Å². The number of halogens is 1. The van der Waals surface area contributed by atoms with Gasteiger partial charge in [0.05, 0.1) is 13.5 Å². The first-order valence-electron chi connectivity index (χ1n) is 5.86. The minimum atomic E-state index is -0.0875. The molecule has 0 unspecified atom stereocenters. The third-order valence-corrected chi connectivity index (χ3v) is 2.84. The van der Waals surface area contributed by atoms with E-state index in [9.17, 15) is 4.79 Å². The van der Waals surface area contributed by atoms with Crippen molar-refractivity contribution in [1.82, 2.24) is 0 Å². The topological polar surface area (TPSA) is 38.3 Å². The van der Waals surface area contributed by atoms with Crippen LogP contribution in [0.4, 0.5) is 5.69 Å². The number of anilines is 1. The van der Waals surface area contributed by atoms with Crippen molar-refractivity contribution in [3.8, 4) is 5.75 Å². The summed E-state index contributed by atoms with van der Waals surface area (Å²) in [7, 11) is 1.60. The Bertz CT molecular complexity index is 584. The van der Waals surface area contributed by atoms with Crippen LogP contribution in [0, 0.1) is 0 Å². The van der Waals surface area contributed by atoms with Crippen molar-refractivity contribution in [2.75, 3.05) is 12.4 Å². The smallest absolute Gasteiger partial charge is 0.228 e. The lowest BCUT2D eigenvalue weighted by atomic mass is 10.1. The second kappa shape index (κ2) is 6.25. The average molecular weight is 276 g/mol. The summed E-state index contributed by atoms with van der Waals surface area (Å²) in [4.78, 5) is 11.9. The molecule has 0 saturated heterocycles. The van der Waals surface area contributed by atoms with Gasteiger partial charge in [0.2, 0.25) is 5.91 Å². The van der Waals surface area contributed by atoms with E-state index < -0.39 is 0 Å². The van der Waals surface area contributed by atoms with Gasteiger partial charge in [0.25, 0.3) is 0 Å². The summed E-state index contributed by atoms with van der Waals surface area (Å²) in [5.74, 6) is 0.656. The van der Waals surface area contributed by atoms with Crippen LogP contribution >= 0.6 is 11.6 Å². The SMILES string of the molecule is COc1cccc(CC(=O)Nc2cccc(Cl)c2)c1. The van der Waals surface area contributed by atoms with Gasteiger partial charge in [0.15, 0.2) is 0 Å². The van der Waals surface area contributed by atoms with Crippen LogP contribution in [0.1, 0.15) is 5.56 Å². The number of benzene rings is 2. The van der Waals surface area contributed by atoms with Gasteiger partial charge in [-0.1, -0.05) is 29.8 Å². The Labute approximate surface area is 117 Å². The number of ether oxygens (including phenoxy) is 1. The second-order valence-corrected chi connectivity index (χ2v) is 4.52. The monoisotopic (exact) mass is 275 g/mol. The molecule has 2 aromatic carbocycles. The quantitative estimate of drug-likeness (QED) is 0.927. The summed E-state index contributed by atoms with van der Waals surface area (Å²) in [6.45, 7) is 0. The highest BCUT2D eigenvalue weighted by Crippen LogP contribution is 2.16. The largest absolute Gasteiger partial charge is 0.497 e. The highest BCUT2D eigenvalue weighted by Gasteiger charge is 2.05. The number of hydrogen-bond acceptors (Lipinski definition) is 2. The van der Waals surface area contributed by atoms with Crippen LogP contribution in [-0.2, 0) is 11.2 Å². The minimum Gasteiger partial charge on any atom is -0.497 e. The van der Waals surface area contributed by atoms with E-state index in [4.69, 9.17) is 16.3 Å². The van der Waals surface area contributed by atoms with Gasteiger partial charge in [-0.15, -0.1) is 0 Å². The lowest BCUT2D eigenvalue weighted by Gasteiger charge is -2.06. The fourth-order valence-electron chi connectivity index (χ4n) is 1.74. The maximum absolute atomic E-state index is 11.9. The predicted molar refractivity (Wildman–Crippen MR) is 76.8 cm³/mol. The number of nitrogens with one attached hydrogen (secondary N) is 1. The third kappa shape index (κ3) is 4.00. The van der Waals surface area contributed by atoms with E-state index in [2.05, 4.69) is 5.32 Å². The highest BCUT2D eigenvalue weighted by atomic mass is 35.5. The molecule has 0 bridgehead atoms. The van der Waals surface area contributed by atoms with Crippen LogP contribution in [0.25, 0.3) is 0 Å². The van der Waals surface area contributed by atoms with Crippen LogP contribution < -0.4 is 10.1 Å². The fraction of sp³-hybridized carbons (Fsp3) is 0.133. The molecular formula is C15H14ClNO2. The Morgan fingerprint density at radius 1 is 1.21 bits per heavy atom. The summed E-state index contributed by atoms with van der Waals surface area (Å²) in [6, 6.07) is 14.5. The molecule has 1 N–H and O–H groups in total. The Balaban J connectivity index is 2.01. The molecule has 0 aromatic heterocycles. The molecule has 0 aliphatic carbocycles. The predicted octanol–water partition coefficient (Wildman–Crippen LogP) is 3.53. The number of hydrogen-bond donors (Lipinski definition) is 1. The molecule has 19 heavy (non-hydrogen) atoms. The Hall–Kier alpha value is -2.00. The zero-order valence-corrected chi connectivity index (χ0v) is 11.3. The van der Waals surface area contributed by atoms with Crippen LogP contribution in [0.5, 0.6) is 5.75 Å². The van der Waals surface area contributed by atoms with E-state index in [1.54, 1.807) is 31.4 Å². The first-order chi connectivity index (χ1) is 9.17. The molecule has 0 atom stereocenters. The second-order valence-electron chi connectivity index (χ2n) is 4.09. The molecule has 3 nitrogen and oxygen atoms in total. The number of amides is 1. The maximum atomic E-state index is 11.9. The zero-order valence-electron chi connectivity index (χ0n) is 10.5. The van der Waals surface area contributed by atoms with Crippen LogP contribution in [0.15, 0.2) is 48.5 Å². The number of carbonyl (C=O) groups excluding carboxylic acids is 1. The normalized spacial score (nSPS) is 10.0. The molecule has 0 aliphatic heterocycles. The molecule has 2 aromatic rings. The van der Waals surface area contributed by atoms with Gasteiger partial charge < -0.3 is 10.1 Å². The van der Waals surface area contributed by atoms with Crippen molar-refractivity contribution in [3.05, 3.63) is 59.1 Å². The molecule has 0 saturated carbocycles. The lowest BCUT2D eigenvalue weighted by molar-refractivity contribution is -0.115. The lowest BCUT2D eigenvalue weighted by Crippen LogP contribution is -2.14. The van der Waals surface area contributed by atoms with E-state index in [0.717, 1.165) is 11.3 Å². The molecule has 4 heteroatoms. The van der Waals surface area contributed by atoms with Crippen LogP contribution in [-0.4, -0.2) is 13.0 Å². The highest BCUT2D eigenvalue weighted by molar-refractivity contribution is 6.30. The molecule has 0 aliphatic rings. The zero-order chi connectivity index (χ0) is 13.7. The number of carbonyl (C=O) groups is 1. The van der Waals surface area contributed by atoms with Crippen molar-refractivity contribution >= 4 is 23.2 Å². The van der Waals surface area contributed by atoms with Gasteiger partial charge in [0.1, 0.15) is 5.75 Å². The summed E-state index contributed by atoms with van der Waals surface area (Å²) >= 11 is 5.86. The molecule has 0 spiro atoms. The van der Waals surface area contributed by atoms with Crippen molar-refractivity contribution in [2.45, 2.75) is 6.42 Å². The van der Waals surface area contributed by atoms with Gasteiger partial charge in [-0.3, -0.25) is 4.79 Å². The van der Waals surface area contributed by atoms with Crippen LogP contribution in [0.3, 0.4) is 0 Å². The summed E-state index contributed by atoms with van der Waals surface area (Å²) in [5.41, 5.74) is 1.60. The molecule has 0 heterocycles. The van der Waals surface area contributed by atoms with Crippen LogP contribution in [0.2, 0.25) is 5.02 Å². The fourth-order valence-corrected chi connectivity index (χ4v) is 1.93. The Morgan fingerprint density at radius 3 is 2.74 bits per heavy atom. The van der Waals surface area contributed by atoms with Crippen molar-refractivity contribution in [3.63, 3.8) is 0 Å². The van der Waals surface area contributed by atoms with Gasteiger partial charge in [-0.25, -0.2) is 0 Å². The molecule has 0 fully saturated rings. The first-order valence-corrected chi connectivity index (χ1v) is 6.23. The summed E-state index contributed by atoms with van der Waals surface area (Å²) < 4.78 is 5.12. The third-order valence-electron chi connectivity index (χ3n) is 2.61. The summed E-state index contributed by atoms with van der Waals surface area (Å²) in [5, 5.41) is 3.40. The van der Waals surface area contributed by atoms with E-state index in [-0.39, 0.29) is 5.91 Å². The van der Waals surface area contributed by atoms with Crippen molar-refractivity contribution in [1.29, 1.82) is 0 Å². The van der Waals surface area contributed by atoms with E-state index in [0.29, 0.717) is 17.1 Å². The maximum Gasteiger partial charge on any atom is 0.228 e. The van der Waals surface area contributed by atoms with Gasteiger partial charge in [-0.2, -0.15) is 0 Å². The molecule has 2 rings (SSSR count). The first kappa shape index (κ1) is 13.4. The van der Waals surface area contributed by atoms with E-state index in [1.807, 2.05) is 24.3 Å². The molecule has 0 radical (unpaired) electrons. The molecule has 98 valence electrons. The minimum absolute atomic E-state index is 0.0875.